The summed E-state index contributed by atoms with van der Waals surface area (Å²) in [4.78, 5) is 46.6. The monoisotopic (exact) mass is 762 g/mol. The van der Waals surface area contributed by atoms with Gasteiger partial charge in [-0.25, -0.2) is 18.6 Å². The molecule has 0 aliphatic carbocycles. The highest BCUT2D eigenvalue weighted by Crippen LogP contribution is 2.45. The second-order valence-corrected chi connectivity index (χ2v) is 14.5. The van der Waals surface area contributed by atoms with Gasteiger partial charge in [0.05, 0.1) is 36.1 Å². The summed E-state index contributed by atoms with van der Waals surface area (Å²) in [6.45, 7) is 8.90. The Morgan fingerprint density at radius 2 is 2.02 bits per heavy atom. The van der Waals surface area contributed by atoms with Gasteiger partial charge >= 0.3 is 12.1 Å². The standard InChI is InChI=1S/C41H40F2N8O5/c1-4-27-30(42)11-10-25-7-5-8-29(31(25)27)34-33(43)35-32(38(52)47-34)37(46-24(3)28-9-6-14-45-36(28)44)49-39(48-35)56-22-41-13-12-26(51(41)20-23(2)19-41)21-55-40(53)50-15-17-54-18-16-50/h1,5-11,14,24,26H,2,12-13,15-22H2,3H3,(H2,44,45)(H,47,52)(H,46,48,49)/t24-,26+,41+/m1/s1. The molecule has 0 spiro atoms. The van der Waals surface area contributed by atoms with E-state index in [9.17, 15) is 14.0 Å². The van der Waals surface area contributed by atoms with Gasteiger partial charge in [0.15, 0.2) is 5.82 Å². The summed E-state index contributed by atoms with van der Waals surface area (Å²) in [5, 5.41) is 3.87. The number of hydrogen-bond acceptors (Lipinski definition) is 11. The molecule has 0 bridgehead atoms. The molecule has 2 aromatic carbocycles. The molecule has 3 aliphatic heterocycles. The molecule has 3 aliphatic rings. The zero-order chi connectivity index (χ0) is 39.1. The molecule has 5 aromatic rings. The number of ether oxygens (including phenoxy) is 3. The predicted octanol–water partition coefficient (Wildman–Crippen LogP) is 5.56. The first-order valence-corrected chi connectivity index (χ1v) is 18.4. The van der Waals surface area contributed by atoms with E-state index in [1.165, 1.54) is 12.1 Å². The molecule has 0 saturated carbocycles. The van der Waals surface area contributed by atoms with E-state index in [4.69, 9.17) is 26.4 Å². The van der Waals surface area contributed by atoms with E-state index in [1.54, 1.807) is 48.4 Å². The van der Waals surface area contributed by atoms with Crippen LogP contribution in [0.3, 0.4) is 0 Å². The van der Waals surface area contributed by atoms with E-state index in [-0.39, 0.29) is 76.1 Å². The molecular formula is C41H40F2N8O5. The number of nitrogens with one attached hydrogen (secondary N) is 2. The molecular weight excluding hydrogens is 722 g/mol. The number of carbonyl (C=O) groups is 1. The minimum Gasteiger partial charge on any atom is -0.461 e. The Morgan fingerprint density at radius 1 is 1.20 bits per heavy atom. The van der Waals surface area contributed by atoms with Gasteiger partial charge in [0.25, 0.3) is 5.56 Å². The maximum absolute atomic E-state index is 17.0. The Hall–Kier alpha value is -6.11. The van der Waals surface area contributed by atoms with Crippen LogP contribution in [-0.2, 0) is 9.47 Å². The highest BCUT2D eigenvalue weighted by Gasteiger charge is 2.51. The van der Waals surface area contributed by atoms with Crippen LogP contribution < -0.4 is 21.3 Å². The number of nitrogens with zero attached hydrogens (tertiary/aromatic N) is 5. The number of hydrogen-bond donors (Lipinski definition) is 3. The number of aromatic nitrogens is 4. The van der Waals surface area contributed by atoms with Crippen LogP contribution in [0.5, 0.6) is 6.01 Å². The number of benzene rings is 2. The Morgan fingerprint density at radius 3 is 2.80 bits per heavy atom. The lowest BCUT2D eigenvalue weighted by Gasteiger charge is -2.34. The summed E-state index contributed by atoms with van der Waals surface area (Å²) >= 11 is 0. The largest absolute Gasteiger partial charge is 0.461 e. The number of rotatable bonds is 9. The third-order valence-electron chi connectivity index (χ3n) is 11.0. The summed E-state index contributed by atoms with van der Waals surface area (Å²) < 4.78 is 49.5. The second kappa shape index (κ2) is 14.9. The number of terminal acetylenes is 1. The number of amides is 1. The van der Waals surface area contributed by atoms with Crippen molar-refractivity contribution in [2.75, 3.05) is 57.1 Å². The van der Waals surface area contributed by atoms with Gasteiger partial charge in [0.1, 0.15) is 41.6 Å². The fourth-order valence-corrected chi connectivity index (χ4v) is 8.25. The van der Waals surface area contributed by atoms with E-state index < -0.39 is 28.8 Å². The number of carbonyl (C=O) groups excluding carboxylic acids is 1. The number of pyridine rings is 2. The molecule has 3 saturated heterocycles. The first-order chi connectivity index (χ1) is 27.1. The van der Waals surface area contributed by atoms with E-state index in [1.807, 2.05) is 0 Å². The fraction of sp³-hybridized carbons (Fsp3) is 0.341. The van der Waals surface area contributed by atoms with Crippen molar-refractivity contribution in [1.29, 1.82) is 0 Å². The smallest absolute Gasteiger partial charge is 0.409 e. The topological polar surface area (TPSA) is 161 Å². The van der Waals surface area contributed by atoms with Crippen molar-refractivity contribution in [1.82, 2.24) is 29.7 Å². The Labute approximate surface area is 320 Å². The summed E-state index contributed by atoms with van der Waals surface area (Å²) in [6.07, 6.45) is 9.01. The van der Waals surface area contributed by atoms with Crippen LogP contribution in [0.25, 0.3) is 32.9 Å². The zero-order valence-corrected chi connectivity index (χ0v) is 30.7. The molecule has 8 rings (SSSR count). The number of aromatic amines is 1. The number of halogens is 2. The maximum atomic E-state index is 17.0. The van der Waals surface area contributed by atoms with Crippen molar-refractivity contribution in [2.45, 2.75) is 43.8 Å². The minimum absolute atomic E-state index is 0.00485. The molecule has 56 heavy (non-hydrogen) atoms. The summed E-state index contributed by atoms with van der Waals surface area (Å²) in [6, 6.07) is 10.5. The van der Waals surface area contributed by atoms with Crippen LogP contribution in [0.1, 0.15) is 43.4 Å². The van der Waals surface area contributed by atoms with Crippen molar-refractivity contribution in [3.05, 3.63) is 93.9 Å². The van der Waals surface area contributed by atoms with Crippen LogP contribution in [-0.4, -0.2) is 93.5 Å². The van der Waals surface area contributed by atoms with Crippen molar-refractivity contribution >= 4 is 39.4 Å². The highest BCUT2D eigenvalue weighted by atomic mass is 19.1. The number of fused-ring (bicyclic) bond motifs is 3. The van der Waals surface area contributed by atoms with Gasteiger partial charge in [0, 0.05) is 48.4 Å². The Bertz CT molecular complexity index is 2480. The summed E-state index contributed by atoms with van der Waals surface area (Å²) in [5.41, 5.74) is 6.17. The highest BCUT2D eigenvalue weighted by molar-refractivity contribution is 6.02. The number of morpholine rings is 1. The molecule has 3 atom stereocenters. The van der Waals surface area contributed by atoms with Gasteiger partial charge in [-0.2, -0.15) is 9.97 Å². The second-order valence-electron chi connectivity index (χ2n) is 14.5. The van der Waals surface area contributed by atoms with Crippen LogP contribution in [0.15, 0.2) is 65.6 Å². The molecule has 13 nitrogen and oxygen atoms in total. The molecule has 4 N–H and O–H groups in total. The van der Waals surface area contributed by atoms with Crippen LogP contribution in [0, 0.1) is 24.0 Å². The molecule has 0 radical (unpaired) electrons. The lowest BCUT2D eigenvalue weighted by Crippen LogP contribution is -2.48. The lowest BCUT2D eigenvalue weighted by molar-refractivity contribution is 0.0139. The number of nitrogens with two attached hydrogens (primary N) is 1. The summed E-state index contributed by atoms with van der Waals surface area (Å²) in [5.74, 6) is 1.10. The van der Waals surface area contributed by atoms with E-state index >= 15 is 4.39 Å². The Balaban J connectivity index is 1.16. The summed E-state index contributed by atoms with van der Waals surface area (Å²) in [7, 11) is 0. The quantitative estimate of drug-likeness (QED) is 0.128. The maximum Gasteiger partial charge on any atom is 0.409 e. The van der Waals surface area contributed by atoms with Gasteiger partial charge in [0.2, 0.25) is 0 Å². The fourth-order valence-electron chi connectivity index (χ4n) is 8.25. The molecule has 3 fully saturated rings. The zero-order valence-electron chi connectivity index (χ0n) is 30.7. The van der Waals surface area contributed by atoms with Crippen LogP contribution in [0.4, 0.5) is 25.2 Å². The average molecular weight is 763 g/mol. The van der Waals surface area contributed by atoms with Gasteiger partial charge in [-0.05, 0) is 43.7 Å². The third kappa shape index (κ3) is 6.64. The van der Waals surface area contributed by atoms with Crippen molar-refractivity contribution < 1.29 is 27.8 Å². The molecule has 6 heterocycles. The first kappa shape index (κ1) is 36.8. The predicted molar refractivity (Wildman–Crippen MR) is 207 cm³/mol. The van der Waals surface area contributed by atoms with Crippen LogP contribution >= 0.6 is 0 Å². The van der Waals surface area contributed by atoms with Crippen molar-refractivity contribution in [3.63, 3.8) is 0 Å². The Kier molecular flexibility index (Phi) is 9.77. The molecule has 1 amide bonds. The van der Waals surface area contributed by atoms with Crippen LogP contribution in [0.2, 0.25) is 0 Å². The van der Waals surface area contributed by atoms with E-state index in [0.29, 0.717) is 50.2 Å². The number of anilines is 2. The molecule has 15 heteroatoms. The molecule has 288 valence electrons. The van der Waals surface area contributed by atoms with Gasteiger partial charge < -0.3 is 35.1 Å². The molecule has 0 unspecified atom stereocenters. The van der Waals surface area contributed by atoms with Gasteiger partial charge in [-0.1, -0.05) is 48.4 Å². The SMILES string of the molecule is C#Cc1c(F)ccc2cccc(-c3[nH]c(=O)c4c(N[C@H](C)c5cccnc5N)nc(OC[C@@]56CC[C@@H](COC(=O)N7CCOCC7)N5CC(=C)C6)nc4c3F)c12. The van der Waals surface area contributed by atoms with Gasteiger partial charge in [-0.3, -0.25) is 9.69 Å². The lowest BCUT2D eigenvalue weighted by atomic mass is 9.94. The van der Waals surface area contributed by atoms with E-state index in [2.05, 4.69) is 42.7 Å². The van der Waals surface area contributed by atoms with Crippen molar-refractivity contribution in [2.24, 2.45) is 0 Å². The van der Waals surface area contributed by atoms with Gasteiger partial charge in [-0.15, -0.1) is 6.42 Å². The van der Waals surface area contributed by atoms with E-state index in [0.717, 1.165) is 18.4 Å². The molecule has 3 aromatic heterocycles. The number of nitrogen functional groups attached to an aromatic ring is 1. The average Bonchev–Trinajstić information content (AvgIpc) is 3.71. The first-order valence-electron chi connectivity index (χ1n) is 18.4. The normalized spacial score (nSPS) is 20.2. The number of H-pyrrole nitrogens is 1. The van der Waals surface area contributed by atoms with Crippen molar-refractivity contribution in [3.8, 4) is 29.6 Å². The third-order valence-corrected chi connectivity index (χ3v) is 11.0. The minimum atomic E-state index is -0.889.